The molecule has 0 aromatic rings. The third-order valence-electron chi connectivity index (χ3n) is 3.23. The van der Waals surface area contributed by atoms with Crippen LogP contribution in [0.5, 0.6) is 0 Å². The van der Waals surface area contributed by atoms with Gasteiger partial charge in [-0.1, -0.05) is 0 Å². The maximum Gasteiger partial charge on any atom is 0.326 e. The highest BCUT2D eigenvalue weighted by Crippen LogP contribution is 2.15. The van der Waals surface area contributed by atoms with E-state index in [4.69, 9.17) is 14.9 Å². The number of carboxylic acid groups (broad SMARTS) is 1. The molecule has 0 saturated carbocycles. The first-order valence-electron chi connectivity index (χ1n) is 6.47. The number of carbonyl (C=O) groups is 2. The molecule has 0 unspecified atom stereocenters. The van der Waals surface area contributed by atoms with E-state index in [1.807, 2.05) is 0 Å². The van der Waals surface area contributed by atoms with Crippen molar-refractivity contribution < 1.29 is 24.5 Å². The molecular weight excluding hydrogens is 252 g/mol. The summed E-state index contributed by atoms with van der Waals surface area (Å²) in [6, 6.07) is -1.47. The van der Waals surface area contributed by atoms with Gasteiger partial charge in [-0.3, -0.25) is 0 Å². The van der Waals surface area contributed by atoms with Gasteiger partial charge < -0.3 is 25.2 Å². The first-order valence-corrected chi connectivity index (χ1v) is 6.47. The zero-order chi connectivity index (χ0) is 14.3. The average Bonchev–Trinajstić information content (AvgIpc) is 2.39. The molecule has 0 spiro atoms. The summed E-state index contributed by atoms with van der Waals surface area (Å²) in [5, 5.41) is 20.1. The highest BCUT2D eigenvalue weighted by molar-refractivity contribution is 5.82. The largest absolute Gasteiger partial charge is 0.480 e. The van der Waals surface area contributed by atoms with Crippen LogP contribution < -0.4 is 5.32 Å². The van der Waals surface area contributed by atoms with Crippen molar-refractivity contribution in [1.82, 2.24) is 10.2 Å². The molecule has 1 atom stereocenters. The maximum atomic E-state index is 11.8. The molecular formula is C12H22N2O5. The van der Waals surface area contributed by atoms with Gasteiger partial charge >= 0.3 is 12.0 Å². The first-order chi connectivity index (χ1) is 9.04. The van der Waals surface area contributed by atoms with Crippen LogP contribution in [0.1, 0.15) is 19.3 Å². The van der Waals surface area contributed by atoms with E-state index in [9.17, 15) is 9.59 Å². The number of carbonyl (C=O) groups excluding carboxylic acids is 1. The monoisotopic (exact) mass is 274 g/mol. The molecule has 1 fully saturated rings. The number of carboxylic acids is 1. The summed E-state index contributed by atoms with van der Waals surface area (Å²) in [4.78, 5) is 24.2. The van der Waals surface area contributed by atoms with Crippen LogP contribution in [0, 0.1) is 5.92 Å². The van der Waals surface area contributed by atoms with Gasteiger partial charge in [0.1, 0.15) is 6.04 Å². The van der Waals surface area contributed by atoms with Crippen LogP contribution in [0.15, 0.2) is 0 Å². The van der Waals surface area contributed by atoms with Crippen LogP contribution in [0.4, 0.5) is 4.79 Å². The SMILES string of the molecule is CN(CC1CCOCC1)C(=O)N[C@H](CCO)C(=O)O. The fourth-order valence-electron chi connectivity index (χ4n) is 2.04. The van der Waals surface area contributed by atoms with Crippen molar-refractivity contribution in [2.24, 2.45) is 5.92 Å². The number of nitrogens with zero attached hydrogens (tertiary/aromatic N) is 1. The number of hydrogen-bond donors (Lipinski definition) is 3. The quantitative estimate of drug-likeness (QED) is 0.627. The number of aliphatic hydroxyl groups excluding tert-OH is 1. The van der Waals surface area contributed by atoms with Gasteiger partial charge in [0.2, 0.25) is 0 Å². The molecule has 0 bridgehead atoms. The Kier molecular flexibility index (Phi) is 6.58. The number of nitrogens with one attached hydrogen (secondary N) is 1. The fraction of sp³-hybridized carbons (Fsp3) is 0.833. The van der Waals surface area contributed by atoms with Crippen molar-refractivity contribution in [3.05, 3.63) is 0 Å². The van der Waals surface area contributed by atoms with E-state index in [1.54, 1.807) is 7.05 Å². The average molecular weight is 274 g/mol. The van der Waals surface area contributed by atoms with E-state index in [2.05, 4.69) is 5.32 Å². The molecule has 110 valence electrons. The lowest BCUT2D eigenvalue weighted by Gasteiger charge is -2.28. The van der Waals surface area contributed by atoms with Gasteiger partial charge in [0.25, 0.3) is 0 Å². The Labute approximate surface area is 112 Å². The number of amides is 2. The normalized spacial score (nSPS) is 17.8. The van der Waals surface area contributed by atoms with Crippen LogP contribution in [0.3, 0.4) is 0 Å². The Morgan fingerprint density at radius 3 is 2.58 bits per heavy atom. The number of hydrogen-bond acceptors (Lipinski definition) is 4. The van der Waals surface area contributed by atoms with Crippen molar-refractivity contribution in [2.45, 2.75) is 25.3 Å². The van der Waals surface area contributed by atoms with Crippen LogP contribution >= 0.6 is 0 Å². The molecule has 1 rings (SSSR count). The Balaban J connectivity index is 2.39. The molecule has 7 nitrogen and oxygen atoms in total. The van der Waals surface area contributed by atoms with Gasteiger partial charge in [0, 0.05) is 39.8 Å². The van der Waals surface area contributed by atoms with E-state index in [0.29, 0.717) is 25.7 Å². The molecule has 1 heterocycles. The lowest BCUT2D eigenvalue weighted by molar-refractivity contribution is -0.139. The van der Waals surface area contributed by atoms with E-state index < -0.39 is 18.0 Å². The number of rotatable bonds is 6. The van der Waals surface area contributed by atoms with Crippen molar-refractivity contribution in [3.8, 4) is 0 Å². The third kappa shape index (κ3) is 5.44. The zero-order valence-corrected chi connectivity index (χ0v) is 11.2. The minimum absolute atomic E-state index is 0.00613. The zero-order valence-electron chi connectivity index (χ0n) is 11.2. The van der Waals surface area contributed by atoms with E-state index in [1.165, 1.54) is 4.90 Å². The number of ether oxygens (including phenoxy) is 1. The van der Waals surface area contributed by atoms with Gasteiger partial charge in [-0.05, 0) is 18.8 Å². The first kappa shape index (κ1) is 15.7. The molecule has 3 N–H and O–H groups in total. The second kappa shape index (κ2) is 7.96. The molecule has 0 aromatic carbocycles. The summed E-state index contributed by atoms with van der Waals surface area (Å²) in [7, 11) is 1.64. The van der Waals surface area contributed by atoms with Crippen LogP contribution in [-0.4, -0.2) is 66.6 Å². The second-order valence-corrected chi connectivity index (χ2v) is 4.79. The molecule has 1 aliphatic heterocycles. The predicted molar refractivity (Wildman–Crippen MR) is 67.8 cm³/mol. The summed E-state index contributed by atoms with van der Waals surface area (Å²) < 4.78 is 5.25. The molecule has 0 aromatic heterocycles. The van der Waals surface area contributed by atoms with E-state index in [0.717, 1.165) is 12.8 Å². The van der Waals surface area contributed by atoms with Crippen LogP contribution in [0.2, 0.25) is 0 Å². The Morgan fingerprint density at radius 1 is 1.42 bits per heavy atom. The Bertz CT molecular complexity index is 304. The highest BCUT2D eigenvalue weighted by atomic mass is 16.5. The highest BCUT2D eigenvalue weighted by Gasteiger charge is 2.23. The summed E-state index contributed by atoms with van der Waals surface area (Å²) in [6.07, 6.45) is 1.83. The Hall–Kier alpha value is -1.34. The molecule has 0 aliphatic carbocycles. The topological polar surface area (TPSA) is 99.1 Å². The fourth-order valence-corrected chi connectivity index (χ4v) is 2.04. The smallest absolute Gasteiger partial charge is 0.326 e. The summed E-state index contributed by atoms with van der Waals surface area (Å²) in [6.45, 7) is 1.73. The minimum Gasteiger partial charge on any atom is -0.480 e. The number of urea groups is 1. The van der Waals surface area contributed by atoms with Crippen LogP contribution in [-0.2, 0) is 9.53 Å². The van der Waals surface area contributed by atoms with Gasteiger partial charge in [-0.2, -0.15) is 0 Å². The molecule has 1 saturated heterocycles. The van der Waals surface area contributed by atoms with Gasteiger partial charge in [0.15, 0.2) is 0 Å². The van der Waals surface area contributed by atoms with Crippen LogP contribution in [0.25, 0.3) is 0 Å². The number of aliphatic carboxylic acids is 1. The summed E-state index contributed by atoms with van der Waals surface area (Å²) in [5.74, 6) is -0.743. The van der Waals surface area contributed by atoms with Crippen molar-refractivity contribution in [2.75, 3.05) is 33.4 Å². The third-order valence-corrected chi connectivity index (χ3v) is 3.23. The van der Waals surface area contributed by atoms with Crippen molar-refractivity contribution in [1.29, 1.82) is 0 Å². The maximum absolute atomic E-state index is 11.8. The predicted octanol–water partition coefficient (Wildman–Crippen LogP) is -0.110. The van der Waals surface area contributed by atoms with E-state index >= 15 is 0 Å². The lowest BCUT2D eigenvalue weighted by Crippen LogP contribution is -2.48. The number of aliphatic hydroxyl groups is 1. The Morgan fingerprint density at radius 2 is 2.05 bits per heavy atom. The summed E-state index contributed by atoms with van der Waals surface area (Å²) >= 11 is 0. The van der Waals surface area contributed by atoms with E-state index in [-0.39, 0.29) is 13.0 Å². The lowest BCUT2D eigenvalue weighted by atomic mass is 10.00. The standard InChI is InChI=1S/C12H22N2O5/c1-14(8-9-3-6-19-7-4-9)12(18)13-10(2-5-15)11(16)17/h9-10,15H,2-8H2,1H3,(H,13,18)(H,16,17)/t10-/m1/s1. The van der Waals surface area contributed by atoms with Crippen molar-refractivity contribution >= 4 is 12.0 Å². The van der Waals surface area contributed by atoms with Gasteiger partial charge in [-0.15, -0.1) is 0 Å². The van der Waals surface area contributed by atoms with Gasteiger partial charge in [-0.25, -0.2) is 9.59 Å². The molecule has 2 amide bonds. The van der Waals surface area contributed by atoms with Gasteiger partial charge in [0.05, 0.1) is 0 Å². The molecule has 1 aliphatic rings. The molecule has 7 heteroatoms. The summed E-state index contributed by atoms with van der Waals surface area (Å²) in [5.41, 5.74) is 0. The second-order valence-electron chi connectivity index (χ2n) is 4.79. The van der Waals surface area contributed by atoms with Crippen molar-refractivity contribution in [3.63, 3.8) is 0 Å². The molecule has 0 radical (unpaired) electrons. The molecule has 19 heavy (non-hydrogen) atoms. The minimum atomic E-state index is -1.14.